The lowest BCUT2D eigenvalue weighted by Gasteiger charge is -2.23. The third-order valence-corrected chi connectivity index (χ3v) is 5.99. The second-order valence-corrected chi connectivity index (χ2v) is 8.67. The van der Waals surface area contributed by atoms with E-state index in [4.69, 9.17) is 4.74 Å². The monoisotopic (exact) mass is 439 g/mol. The van der Waals surface area contributed by atoms with Gasteiger partial charge in [0.2, 0.25) is 5.43 Å². The number of hydrogen-bond donors (Lipinski definition) is 1. The molecule has 1 fully saturated rings. The van der Waals surface area contributed by atoms with Gasteiger partial charge in [0, 0.05) is 39.6 Å². The van der Waals surface area contributed by atoms with E-state index in [1.165, 1.54) is 24.2 Å². The van der Waals surface area contributed by atoms with E-state index in [1.807, 2.05) is 28.8 Å². The van der Waals surface area contributed by atoms with Gasteiger partial charge in [-0.1, -0.05) is 31.4 Å². The molecule has 0 radical (unpaired) electrons. The molecule has 0 saturated heterocycles. The van der Waals surface area contributed by atoms with Gasteiger partial charge in [-0.2, -0.15) is 0 Å². The first kappa shape index (κ1) is 23.6. The van der Waals surface area contributed by atoms with Crippen LogP contribution in [0.5, 0.6) is 5.75 Å². The number of ether oxygens (including phenoxy) is 1. The highest BCUT2D eigenvalue weighted by Gasteiger charge is 2.22. The molecule has 1 aliphatic rings. The minimum Gasteiger partial charge on any atom is -0.497 e. The Morgan fingerprint density at radius 2 is 1.84 bits per heavy atom. The van der Waals surface area contributed by atoms with Crippen LogP contribution in [0.2, 0.25) is 0 Å². The molecule has 1 aromatic heterocycles. The third kappa shape index (κ3) is 5.99. The molecule has 1 N–H and O–H groups in total. The van der Waals surface area contributed by atoms with Gasteiger partial charge in [0.15, 0.2) is 0 Å². The topological polar surface area (TPSA) is 80.6 Å². The fourth-order valence-electron chi connectivity index (χ4n) is 4.20. The van der Waals surface area contributed by atoms with Crippen molar-refractivity contribution in [3.63, 3.8) is 0 Å². The second-order valence-electron chi connectivity index (χ2n) is 8.67. The number of carbonyl (C=O) groups is 2. The summed E-state index contributed by atoms with van der Waals surface area (Å²) in [6.07, 6.45) is 9.73. The van der Waals surface area contributed by atoms with Crippen molar-refractivity contribution >= 4 is 11.8 Å². The maximum atomic E-state index is 13.0. The van der Waals surface area contributed by atoms with E-state index in [1.54, 1.807) is 33.6 Å². The Bertz CT molecular complexity index is 1010. The molecule has 1 saturated carbocycles. The number of nitrogens with zero attached hydrogens (tertiary/aromatic N) is 2. The van der Waals surface area contributed by atoms with Gasteiger partial charge >= 0.3 is 0 Å². The summed E-state index contributed by atoms with van der Waals surface area (Å²) in [6.45, 7) is 1.08. The Hall–Kier alpha value is -3.09. The zero-order valence-corrected chi connectivity index (χ0v) is 19.2. The summed E-state index contributed by atoms with van der Waals surface area (Å²) >= 11 is 0. The van der Waals surface area contributed by atoms with E-state index in [9.17, 15) is 14.4 Å². The molecule has 1 aliphatic carbocycles. The quantitative estimate of drug-likeness (QED) is 0.685. The molecular formula is C25H33N3O4. The SMILES string of the molecule is COc1cccc(CCNC(=O)c2cn(CC3CCCCC3)cc(C(=O)N(C)C)c2=O)c1. The molecule has 3 rings (SSSR count). The van der Waals surface area contributed by atoms with Crippen LogP contribution in [0.1, 0.15) is 58.4 Å². The molecular weight excluding hydrogens is 406 g/mol. The fraction of sp³-hybridized carbons (Fsp3) is 0.480. The van der Waals surface area contributed by atoms with Gasteiger partial charge in [-0.25, -0.2) is 0 Å². The zero-order valence-electron chi connectivity index (χ0n) is 19.2. The predicted octanol–water partition coefficient (Wildman–Crippen LogP) is 3.11. The van der Waals surface area contributed by atoms with Crippen molar-refractivity contribution in [1.29, 1.82) is 0 Å². The van der Waals surface area contributed by atoms with Gasteiger partial charge in [-0.15, -0.1) is 0 Å². The number of benzene rings is 1. The highest BCUT2D eigenvalue weighted by molar-refractivity contribution is 5.99. The predicted molar refractivity (Wildman–Crippen MR) is 124 cm³/mol. The van der Waals surface area contributed by atoms with E-state index >= 15 is 0 Å². The lowest BCUT2D eigenvalue weighted by molar-refractivity contribution is 0.0825. The third-order valence-electron chi connectivity index (χ3n) is 5.99. The van der Waals surface area contributed by atoms with Crippen LogP contribution in [0.15, 0.2) is 41.5 Å². The summed E-state index contributed by atoms with van der Waals surface area (Å²) in [5.74, 6) is 0.411. The van der Waals surface area contributed by atoms with Crippen molar-refractivity contribution in [3.05, 3.63) is 63.6 Å². The molecule has 0 unspecified atom stereocenters. The summed E-state index contributed by atoms with van der Waals surface area (Å²) in [7, 11) is 4.82. The van der Waals surface area contributed by atoms with Crippen molar-refractivity contribution in [2.24, 2.45) is 5.92 Å². The van der Waals surface area contributed by atoms with Crippen molar-refractivity contribution in [1.82, 2.24) is 14.8 Å². The molecule has 2 aromatic rings. The van der Waals surface area contributed by atoms with Crippen LogP contribution in [0.3, 0.4) is 0 Å². The first-order chi connectivity index (χ1) is 15.4. The Balaban J connectivity index is 1.78. The van der Waals surface area contributed by atoms with Crippen LogP contribution in [0.25, 0.3) is 0 Å². The van der Waals surface area contributed by atoms with Crippen molar-refractivity contribution in [2.75, 3.05) is 27.7 Å². The highest BCUT2D eigenvalue weighted by atomic mass is 16.5. The molecule has 1 aromatic carbocycles. The normalized spacial score (nSPS) is 14.1. The zero-order chi connectivity index (χ0) is 23.1. The van der Waals surface area contributed by atoms with Gasteiger partial charge in [-0.05, 0) is 42.9 Å². The number of amides is 2. The van der Waals surface area contributed by atoms with Crippen LogP contribution < -0.4 is 15.5 Å². The fourth-order valence-corrected chi connectivity index (χ4v) is 4.20. The van der Waals surface area contributed by atoms with E-state index < -0.39 is 17.2 Å². The van der Waals surface area contributed by atoms with Crippen molar-refractivity contribution < 1.29 is 14.3 Å². The minimum atomic E-state index is -0.525. The Morgan fingerprint density at radius 3 is 2.53 bits per heavy atom. The number of hydrogen-bond acceptors (Lipinski definition) is 4. The number of nitrogens with one attached hydrogen (secondary N) is 1. The van der Waals surface area contributed by atoms with Gasteiger partial charge in [0.05, 0.1) is 7.11 Å². The molecule has 0 atom stereocenters. The van der Waals surface area contributed by atoms with E-state index in [0.717, 1.165) is 24.2 Å². The van der Waals surface area contributed by atoms with Gasteiger partial charge in [-0.3, -0.25) is 14.4 Å². The first-order valence-corrected chi connectivity index (χ1v) is 11.3. The van der Waals surface area contributed by atoms with Crippen molar-refractivity contribution in [2.45, 2.75) is 45.1 Å². The Morgan fingerprint density at radius 1 is 1.12 bits per heavy atom. The number of rotatable bonds is 8. The van der Waals surface area contributed by atoms with E-state index in [-0.39, 0.29) is 11.1 Å². The minimum absolute atomic E-state index is 0.0131. The highest BCUT2D eigenvalue weighted by Crippen LogP contribution is 2.25. The number of aromatic nitrogens is 1. The van der Waals surface area contributed by atoms with E-state index in [0.29, 0.717) is 25.4 Å². The van der Waals surface area contributed by atoms with Crippen LogP contribution in [-0.2, 0) is 13.0 Å². The number of pyridine rings is 1. The lowest BCUT2D eigenvalue weighted by Crippen LogP contribution is -2.36. The molecule has 1 heterocycles. The second kappa shape index (κ2) is 11.0. The largest absolute Gasteiger partial charge is 0.497 e. The molecule has 2 amide bonds. The van der Waals surface area contributed by atoms with E-state index in [2.05, 4.69) is 5.32 Å². The van der Waals surface area contributed by atoms with Gasteiger partial charge in [0.1, 0.15) is 16.9 Å². The van der Waals surface area contributed by atoms with Crippen LogP contribution in [-0.4, -0.2) is 49.0 Å². The maximum absolute atomic E-state index is 13.0. The summed E-state index contributed by atoms with van der Waals surface area (Å²) in [5, 5.41) is 2.83. The molecule has 0 aliphatic heterocycles. The first-order valence-electron chi connectivity index (χ1n) is 11.3. The molecule has 32 heavy (non-hydrogen) atoms. The molecule has 7 heteroatoms. The molecule has 0 spiro atoms. The summed E-state index contributed by atoms with van der Waals surface area (Å²) < 4.78 is 7.08. The Labute approximate surface area is 189 Å². The number of methoxy groups -OCH3 is 1. The molecule has 172 valence electrons. The van der Waals surface area contributed by atoms with Gasteiger partial charge in [0.25, 0.3) is 11.8 Å². The van der Waals surface area contributed by atoms with Gasteiger partial charge < -0.3 is 19.5 Å². The maximum Gasteiger partial charge on any atom is 0.258 e. The average Bonchev–Trinajstić information content (AvgIpc) is 2.80. The van der Waals surface area contributed by atoms with Crippen molar-refractivity contribution in [3.8, 4) is 5.75 Å². The Kier molecular flexibility index (Phi) is 8.09. The standard InChI is InChI=1S/C25H33N3O4/c1-27(2)25(31)22-17-28(15-19-8-5-4-6-9-19)16-21(23(22)29)24(30)26-13-12-18-10-7-11-20(14-18)32-3/h7,10-11,14,16-17,19H,4-6,8-9,12-13,15H2,1-3H3,(H,26,30). The molecule has 0 bridgehead atoms. The molecule has 7 nitrogen and oxygen atoms in total. The average molecular weight is 440 g/mol. The number of carbonyl (C=O) groups excluding carboxylic acids is 2. The lowest BCUT2D eigenvalue weighted by atomic mass is 9.89. The van der Waals surface area contributed by atoms with Crippen LogP contribution in [0, 0.1) is 5.92 Å². The smallest absolute Gasteiger partial charge is 0.258 e. The summed E-state index contributed by atoms with van der Waals surface area (Å²) in [6, 6.07) is 7.64. The van der Waals surface area contributed by atoms with Crippen LogP contribution in [0.4, 0.5) is 0 Å². The summed E-state index contributed by atoms with van der Waals surface area (Å²) in [5.41, 5.74) is 0.545. The van der Waals surface area contributed by atoms with Crippen LogP contribution >= 0.6 is 0 Å². The summed E-state index contributed by atoms with van der Waals surface area (Å²) in [4.78, 5) is 39.9.